The molecule has 4 aromatic rings. The molecule has 5 rings (SSSR count). The van der Waals surface area contributed by atoms with Gasteiger partial charge in [0.25, 0.3) is 0 Å². The Morgan fingerprint density at radius 1 is 0.968 bits per heavy atom. The first-order valence-electron chi connectivity index (χ1n) is 10.5. The zero-order chi connectivity index (χ0) is 21.3. The van der Waals surface area contributed by atoms with Crippen LogP contribution in [0.2, 0.25) is 0 Å². The smallest absolute Gasteiger partial charge is 0.321 e. The number of hydrogen-bond acceptors (Lipinski definition) is 4. The topological polar surface area (TPSA) is 51.5 Å². The Bertz CT molecular complexity index is 1280. The molecule has 1 aliphatic heterocycles. The maximum Gasteiger partial charge on any atom is 0.321 e. The molecule has 0 fully saturated rings. The van der Waals surface area contributed by atoms with Crippen LogP contribution in [0.1, 0.15) is 30.0 Å². The fourth-order valence-electron chi connectivity index (χ4n) is 4.53. The number of carbonyl (C=O) groups excluding carboxylic acids is 1. The van der Waals surface area contributed by atoms with Crippen molar-refractivity contribution in [3.63, 3.8) is 0 Å². The van der Waals surface area contributed by atoms with E-state index in [0.717, 1.165) is 38.9 Å². The molecule has 0 aliphatic carbocycles. The molecule has 0 spiro atoms. The minimum Gasteiger partial charge on any atom is -0.465 e. The molecule has 31 heavy (non-hydrogen) atoms. The number of pyridine rings is 1. The molecule has 0 saturated heterocycles. The van der Waals surface area contributed by atoms with Crippen molar-refractivity contribution in [2.75, 3.05) is 6.61 Å². The van der Waals surface area contributed by atoms with Gasteiger partial charge in [0.1, 0.15) is 5.41 Å². The van der Waals surface area contributed by atoms with Crippen molar-refractivity contribution in [2.45, 2.75) is 18.8 Å². The van der Waals surface area contributed by atoms with Crippen LogP contribution in [0, 0.1) is 0 Å². The first-order valence-corrected chi connectivity index (χ1v) is 10.5. The lowest BCUT2D eigenvalue weighted by molar-refractivity contribution is -0.148. The SMILES string of the molecule is CCOC(=O)C1(c2cccnc2)CC(c2ccccc2)=Nc2ccc3ccccc3c21. The Balaban J connectivity index is 1.88. The lowest BCUT2D eigenvalue weighted by Gasteiger charge is -2.37. The molecule has 1 atom stereocenters. The highest BCUT2D eigenvalue weighted by Crippen LogP contribution is 2.49. The average molecular weight is 406 g/mol. The third-order valence-corrected chi connectivity index (χ3v) is 5.91. The Morgan fingerprint density at radius 2 is 1.77 bits per heavy atom. The van der Waals surface area contributed by atoms with Crippen LogP contribution in [0.3, 0.4) is 0 Å². The van der Waals surface area contributed by atoms with Crippen molar-refractivity contribution >= 4 is 28.1 Å². The minimum atomic E-state index is -1.03. The quantitative estimate of drug-likeness (QED) is 0.414. The maximum atomic E-state index is 13.8. The van der Waals surface area contributed by atoms with Gasteiger partial charge in [0.05, 0.1) is 18.0 Å². The van der Waals surface area contributed by atoms with Gasteiger partial charge in [-0.15, -0.1) is 0 Å². The standard InChI is InChI=1S/C27H22N2O2/c1-2-31-26(30)27(21-12-8-16-28-18-21)17-24(20-10-4-3-5-11-20)29-23-15-14-19-9-6-7-13-22(19)25(23)27/h3-16,18H,2,17H2,1H3. The molecule has 4 nitrogen and oxygen atoms in total. The first-order chi connectivity index (χ1) is 15.2. The average Bonchev–Trinajstić information content (AvgIpc) is 2.84. The second-order valence-electron chi connectivity index (χ2n) is 7.65. The van der Waals surface area contributed by atoms with Crippen molar-refractivity contribution in [3.8, 4) is 0 Å². The monoisotopic (exact) mass is 406 g/mol. The second-order valence-corrected chi connectivity index (χ2v) is 7.65. The molecule has 0 amide bonds. The van der Waals surface area contributed by atoms with Gasteiger partial charge in [0.15, 0.2) is 0 Å². The predicted octanol–water partition coefficient (Wildman–Crippen LogP) is 5.61. The van der Waals surface area contributed by atoms with E-state index in [0.29, 0.717) is 13.0 Å². The summed E-state index contributed by atoms with van der Waals surface area (Å²) in [6.07, 6.45) is 3.90. The van der Waals surface area contributed by atoms with Crippen LogP contribution >= 0.6 is 0 Å². The number of aliphatic imine (C=N–C) groups is 1. The molecule has 4 heteroatoms. The van der Waals surface area contributed by atoms with E-state index < -0.39 is 5.41 Å². The predicted molar refractivity (Wildman–Crippen MR) is 123 cm³/mol. The summed E-state index contributed by atoms with van der Waals surface area (Å²) in [6.45, 7) is 2.15. The third kappa shape index (κ3) is 3.12. The van der Waals surface area contributed by atoms with E-state index in [1.54, 1.807) is 12.4 Å². The molecular formula is C27H22N2O2. The van der Waals surface area contributed by atoms with Gasteiger partial charge in [0, 0.05) is 24.4 Å². The van der Waals surface area contributed by atoms with Crippen LogP contribution in [-0.2, 0) is 14.9 Å². The summed E-state index contributed by atoms with van der Waals surface area (Å²) in [6, 6.07) is 26.0. The van der Waals surface area contributed by atoms with E-state index in [-0.39, 0.29) is 5.97 Å². The summed E-state index contributed by atoms with van der Waals surface area (Å²) >= 11 is 0. The van der Waals surface area contributed by atoms with E-state index in [1.807, 2.05) is 67.6 Å². The summed E-state index contributed by atoms with van der Waals surface area (Å²) in [4.78, 5) is 23.2. The molecular weight excluding hydrogens is 384 g/mol. The number of nitrogens with zero attached hydrogens (tertiary/aromatic N) is 2. The summed E-state index contributed by atoms with van der Waals surface area (Å²) in [5, 5.41) is 2.07. The second kappa shape index (κ2) is 7.80. The van der Waals surface area contributed by atoms with Gasteiger partial charge in [-0.2, -0.15) is 0 Å². The molecule has 1 aromatic heterocycles. The van der Waals surface area contributed by atoms with Crippen LogP contribution in [0.15, 0.2) is 96.2 Å². The molecule has 1 unspecified atom stereocenters. The molecule has 0 bridgehead atoms. The van der Waals surface area contributed by atoms with Gasteiger partial charge in [0.2, 0.25) is 0 Å². The number of hydrogen-bond donors (Lipinski definition) is 0. The lowest BCUT2D eigenvalue weighted by Crippen LogP contribution is -2.43. The third-order valence-electron chi connectivity index (χ3n) is 5.91. The lowest BCUT2D eigenvalue weighted by atomic mass is 9.67. The van der Waals surface area contributed by atoms with E-state index in [2.05, 4.69) is 23.2 Å². The Labute approximate surface area is 181 Å². The van der Waals surface area contributed by atoms with Gasteiger partial charge < -0.3 is 4.74 Å². The van der Waals surface area contributed by atoms with Crippen LogP contribution in [0.5, 0.6) is 0 Å². The van der Waals surface area contributed by atoms with Crippen molar-refractivity contribution in [1.82, 2.24) is 4.98 Å². The number of esters is 1. The number of rotatable bonds is 4. The zero-order valence-corrected chi connectivity index (χ0v) is 17.3. The summed E-state index contributed by atoms with van der Waals surface area (Å²) in [5.41, 5.74) is 3.32. The fraction of sp³-hybridized carbons (Fsp3) is 0.148. The Hall–Kier alpha value is -3.79. The Kier molecular flexibility index (Phi) is 4.83. The van der Waals surface area contributed by atoms with Crippen LogP contribution in [0.25, 0.3) is 10.8 Å². The number of benzene rings is 3. The highest BCUT2D eigenvalue weighted by Gasteiger charge is 2.49. The first kappa shape index (κ1) is 19.2. The van der Waals surface area contributed by atoms with Crippen LogP contribution in [-0.4, -0.2) is 23.3 Å². The van der Waals surface area contributed by atoms with E-state index in [1.165, 1.54) is 0 Å². The van der Waals surface area contributed by atoms with Gasteiger partial charge in [-0.1, -0.05) is 66.7 Å². The molecule has 0 radical (unpaired) electrons. The van der Waals surface area contributed by atoms with Gasteiger partial charge in [-0.25, -0.2) is 0 Å². The number of ether oxygens (including phenoxy) is 1. The molecule has 0 saturated carbocycles. The largest absolute Gasteiger partial charge is 0.465 e. The van der Waals surface area contributed by atoms with Crippen molar-refractivity contribution in [1.29, 1.82) is 0 Å². The highest BCUT2D eigenvalue weighted by atomic mass is 16.5. The van der Waals surface area contributed by atoms with Crippen molar-refractivity contribution in [3.05, 3.63) is 108 Å². The fourth-order valence-corrected chi connectivity index (χ4v) is 4.53. The summed E-state index contributed by atoms with van der Waals surface area (Å²) < 4.78 is 5.71. The summed E-state index contributed by atoms with van der Waals surface area (Å²) in [5.74, 6) is -0.274. The van der Waals surface area contributed by atoms with Gasteiger partial charge in [-0.05, 0) is 41.0 Å². The number of fused-ring (bicyclic) bond motifs is 3. The van der Waals surface area contributed by atoms with Crippen molar-refractivity contribution < 1.29 is 9.53 Å². The minimum absolute atomic E-state index is 0.274. The number of aromatic nitrogens is 1. The highest BCUT2D eigenvalue weighted by molar-refractivity contribution is 6.12. The zero-order valence-electron chi connectivity index (χ0n) is 17.3. The molecule has 2 heterocycles. The van der Waals surface area contributed by atoms with E-state index in [9.17, 15) is 4.79 Å². The van der Waals surface area contributed by atoms with E-state index >= 15 is 0 Å². The number of carbonyl (C=O) groups is 1. The van der Waals surface area contributed by atoms with Crippen LogP contribution < -0.4 is 0 Å². The molecule has 0 N–H and O–H groups in total. The molecule has 1 aliphatic rings. The van der Waals surface area contributed by atoms with Gasteiger partial charge in [-0.3, -0.25) is 14.8 Å². The van der Waals surface area contributed by atoms with Crippen LogP contribution in [0.4, 0.5) is 5.69 Å². The maximum absolute atomic E-state index is 13.8. The molecule has 152 valence electrons. The summed E-state index contributed by atoms with van der Waals surface area (Å²) in [7, 11) is 0. The van der Waals surface area contributed by atoms with E-state index in [4.69, 9.17) is 9.73 Å². The normalized spacial score (nSPS) is 17.6. The Morgan fingerprint density at radius 3 is 2.55 bits per heavy atom. The van der Waals surface area contributed by atoms with Gasteiger partial charge >= 0.3 is 5.97 Å². The molecule has 3 aromatic carbocycles. The van der Waals surface area contributed by atoms with Crippen molar-refractivity contribution in [2.24, 2.45) is 4.99 Å².